The lowest BCUT2D eigenvalue weighted by molar-refractivity contribution is 1.08. The standard InChI is InChI=1S/C15H11N/c1-10-6-7-13-14(8-10)11-4-2-3-5-12(11)15(13)9-16/h2-8,15H,1H3. The van der Waals surface area contributed by atoms with Crippen LogP contribution in [0.15, 0.2) is 42.5 Å². The third-order valence-corrected chi connectivity index (χ3v) is 3.21. The summed E-state index contributed by atoms with van der Waals surface area (Å²) in [4.78, 5) is 0. The highest BCUT2D eigenvalue weighted by molar-refractivity contribution is 5.80. The van der Waals surface area contributed by atoms with Gasteiger partial charge in [-0.1, -0.05) is 48.0 Å². The van der Waals surface area contributed by atoms with E-state index in [1.54, 1.807) is 0 Å². The second-order valence-electron chi connectivity index (χ2n) is 4.24. The van der Waals surface area contributed by atoms with Gasteiger partial charge in [0.1, 0.15) is 0 Å². The van der Waals surface area contributed by atoms with E-state index in [9.17, 15) is 5.26 Å². The molecule has 16 heavy (non-hydrogen) atoms. The molecule has 2 aromatic rings. The topological polar surface area (TPSA) is 23.8 Å². The first-order valence-corrected chi connectivity index (χ1v) is 5.41. The van der Waals surface area contributed by atoms with E-state index in [0.29, 0.717) is 0 Å². The van der Waals surface area contributed by atoms with Crippen LogP contribution in [0.3, 0.4) is 0 Å². The predicted octanol–water partition coefficient (Wildman–Crippen LogP) is 3.63. The quantitative estimate of drug-likeness (QED) is 0.644. The largest absolute Gasteiger partial charge is 0.197 e. The third-order valence-electron chi connectivity index (χ3n) is 3.21. The lowest BCUT2D eigenvalue weighted by atomic mass is 9.98. The highest BCUT2D eigenvalue weighted by Crippen LogP contribution is 2.44. The Kier molecular flexibility index (Phi) is 1.84. The van der Waals surface area contributed by atoms with Gasteiger partial charge < -0.3 is 0 Å². The first kappa shape index (κ1) is 9.18. The molecular formula is C15H11N. The van der Waals surface area contributed by atoms with Gasteiger partial charge >= 0.3 is 0 Å². The Hall–Kier alpha value is -2.07. The lowest BCUT2D eigenvalue weighted by Crippen LogP contribution is -1.91. The molecule has 0 heterocycles. The fraction of sp³-hybridized carbons (Fsp3) is 0.133. The zero-order valence-electron chi connectivity index (χ0n) is 9.07. The smallest absolute Gasteiger partial charge is 0.0974 e. The fourth-order valence-corrected chi connectivity index (χ4v) is 2.46. The summed E-state index contributed by atoms with van der Waals surface area (Å²) in [7, 11) is 0. The van der Waals surface area contributed by atoms with Gasteiger partial charge in [-0.25, -0.2) is 0 Å². The maximum atomic E-state index is 9.28. The van der Waals surface area contributed by atoms with Gasteiger partial charge in [-0.15, -0.1) is 0 Å². The summed E-state index contributed by atoms with van der Waals surface area (Å²) >= 11 is 0. The van der Waals surface area contributed by atoms with Gasteiger partial charge in [0.15, 0.2) is 0 Å². The van der Waals surface area contributed by atoms with Gasteiger partial charge in [-0.3, -0.25) is 0 Å². The molecule has 1 nitrogen and oxygen atoms in total. The van der Waals surface area contributed by atoms with Gasteiger partial charge in [-0.05, 0) is 29.2 Å². The molecule has 1 aliphatic carbocycles. The average Bonchev–Trinajstić information content (AvgIpc) is 2.62. The summed E-state index contributed by atoms with van der Waals surface area (Å²) in [5, 5.41) is 9.28. The van der Waals surface area contributed by atoms with Crippen LogP contribution in [0.1, 0.15) is 22.6 Å². The molecule has 0 aliphatic heterocycles. The zero-order chi connectivity index (χ0) is 11.1. The molecule has 0 N–H and O–H groups in total. The van der Waals surface area contributed by atoms with Crippen LogP contribution in [-0.2, 0) is 0 Å². The number of hydrogen-bond acceptors (Lipinski definition) is 1. The molecule has 0 spiro atoms. The van der Waals surface area contributed by atoms with Crippen molar-refractivity contribution in [2.75, 3.05) is 0 Å². The third kappa shape index (κ3) is 1.10. The highest BCUT2D eigenvalue weighted by Gasteiger charge is 2.27. The lowest BCUT2D eigenvalue weighted by Gasteiger charge is -2.03. The summed E-state index contributed by atoms with van der Waals surface area (Å²) in [6.07, 6.45) is 0. The molecule has 76 valence electrons. The second kappa shape index (κ2) is 3.21. The minimum absolute atomic E-state index is 0.0909. The maximum Gasteiger partial charge on any atom is 0.0974 e. The minimum Gasteiger partial charge on any atom is -0.197 e. The SMILES string of the molecule is Cc1ccc2c(c1)-c1ccccc1C2C#N. The van der Waals surface area contributed by atoms with Gasteiger partial charge in [-0.2, -0.15) is 5.26 Å². The molecular weight excluding hydrogens is 194 g/mol. The Morgan fingerprint density at radius 1 is 1.00 bits per heavy atom. The normalized spacial score (nSPS) is 16.4. The summed E-state index contributed by atoms with van der Waals surface area (Å²) < 4.78 is 0. The van der Waals surface area contributed by atoms with Crippen molar-refractivity contribution in [2.24, 2.45) is 0 Å². The van der Waals surface area contributed by atoms with E-state index < -0.39 is 0 Å². The summed E-state index contributed by atoms with van der Waals surface area (Å²) in [6, 6.07) is 16.9. The van der Waals surface area contributed by atoms with Crippen LogP contribution in [0.4, 0.5) is 0 Å². The number of benzene rings is 2. The first-order valence-electron chi connectivity index (χ1n) is 5.41. The monoisotopic (exact) mass is 205 g/mol. The molecule has 0 saturated carbocycles. The predicted molar refractivity (Wildman–Crippen MR) is 64.1 cm³/mol. The van der Waals surface area contributed by atoms with Crippen LogP contribution in [-0.4, -0.2) is 0 Å². The first-order chi connectivity index (χ1) is 7.81. The minimum atomic E-state index is -0.0909. The van der Waals surface area contributed by atoms with Crippen LogP contribution < -0.4 is 0 Å². The highest BCUT2D eigenvalue weighted by atomic mass is 14.3. The summed E-state index contributed by atoms with van der Waals surface area (Å²) in [6.45, 7) is 2.09. The Balaban J connectivity index is 2.36. The molecule has 0 aromatic heterocycles. The van der Waals surface area contributed by atoms with Crippen molar-refractivity contribution in [2.45, 2.75) is 12.8 Å². The van der Waals surface area contributed by atoms with Crippen molar-refractivity contribution in [3.05, 3.63) is 59.2 Å². The van der Waals surface area contributed by atoms with Gasteiger partial charge in [0.2, 0.25) is 0 Å². The van der Waals surface area contributed by atoms with E-state index in [2.05, 4.69) is 43.3 Å². The Bertz CT molecular complexity index is 605. The number of nitriles is 1. The van der Waals surface area contributed by atoms with Gasteiger partial charge in [0.25, 0.3) is 0 Å². The van der Waals surface area contributed by atoms with Crippen molar-refractivity contribution in [1.29, 1.82) is 5.26 Å². The molecule has 2 aromatic carbocycles. The molecule has 0 fully saturated rings. The fourth-order valence-electron chi connectivity index (χ4n) is 2.46. The molecule has 1 unspecified atom stereocenters. The molecule has 0 bridgehead atoms. The van der Waals surface area contributed by atoms with Gasteiger partial charge in [0, 0.05) is 0 Å². The second-order valence-corrected chi connectivity index (χ2v) is 4.24. The zero-order valence-corrected chi connectivity index (χ0v) is 9.07. The van der Waals surface area contributed by atoms with Crippen LogP contribution in [0.5, 0.6) is 0 Å². The molecule has 3 rings (SSSR count). The van der Waals surface area contributed by atoms with E-state index in [4.69, 9.17) is 0 Å². The van der Waals surface area contributed by atoms with Crippen molar-refractivity contribution < 1.29 is 0 Å². The van der Waals surface area contributed by atoms with Crippen molar-refractivity contribution >= 4 is 0 Å². The number of fused-ring (bicyclic) bond motifs is 3. The Labute approximate surface area is 95.0 Å². The Morgan fingerprint density at radius 3 is 2.56 bits per heavy atom. The van der Waals surface area contributed by atoms with E-state index in [1.807, 2.05) is 12.1 Å². The molecule has 1 atom stereocenters. The summed E-state index contributed by atoms with van der Waals surface area (Å²) in [5.41, 5.74) is 5.97. The Morgan fingerprint density at radius 2 is 1.75 bits per heavy atom. The van der Waals surface area contributed by atoms with E-state index >= 15 is 0 Å². The van der Waals surface area contributed by atoms with Crippen LogP contribution >= 0.6 is 0 Å². The number of nitrogens with zero attached hydrogens (tertiary/aromatic N) is 1. The molecule has 1 aliphatic rings. The number of hydrogen-bond donors (Lipinski definition) is 0. The van der Waals surface area contributed by atoms with E-state index in [-0.39, 0.29) is 5.92 Å². The van der Waals surface area contributed by atoms with Gasteiger partial charge in [0.05, 0.1) is 12.0 Å². The van der Waals surface area contributed by atoms with Crippen molar-refractivity contribution in [1.82, 2.24) is 0 Å². The van der Waals surface area contributed by atoms with E-state index in [1.165, 1.54) is 16.7 Å². The van der Waals surface area contributed by atoms with Crippen molar-refractivity contribution in [3.63, 3.8) is 0 Å². The van der Waals surface area contributed by atoms with Crippen LogP contribution in [0.2, 0.25) is 0 Å². The molecule has 0 amide bonds. The van der Waals surface area contributed by atoms with Crippen LogP contribution in [0, 0.1) is 18.3 Å². The van der Waals surface area contributed by atoms with Crippen molar-refractivity contribution in [3.8, 4) is 17.2 Å². The molecule has 0 radical (unpaired) electrons. The molecule has 1 heteroatoms. The average molecular weight is 205 g/mol. The molecule has 0 saturated heterocycles. The van der Waals surface area contributed by atoms with E-state index in [0.717, 1.165) is 11.1 Å². The van der Waals surface area contributed by atoms with Crippen LogP contribution in [0.25, 0.3) is 11.1 Å². The summed E-state index contributed by atoms with van der Waals surface area (Å²) in [5.74, 6) is -0.0909. The number of aryl methyl sites for hydroxylation is 1. The number of rotatable bonds is 0. The maximum absolute atomic E-state index is 9.28.